The number of fused-ring (bicyclic) bond motifs is 1. The summed E-state index contributed by atoms with van der Waals surface area (Å²) in [6.45, 7) is 6.07. The highest BCUT2D eigenvalue weighted by molar-refractivity contribution is 6.01. The van der Waals surface area contributed by atoms with E-state index in [0.29, 0.717) is 56.1 Å². The lowest BCUT2D eigenvalue weighted by Gasteiger charge is -2.37. The Bertz CT molecular complexity index is 1580. The van der Waals surface area contributed by atoms with Crippen LogP contribution in [0.4, 0.5) is 14.9 Å². The van der Waals surface area contributed by atoms with Crippen molar-refractivity contribution in [3.05, 3.63) is 30.0 Å². The van der Waals surface area contributed by atoms with Gasteiger partial charge in [-0.2, -0.15) is 0 Å². The van der Waals surface area contributed by atoms with E-state index < -0.39 is 36.4 Å². The summed E-state index contributed by atoms with van der Waals surface area (Å²) in [5.74, 6) is -0.464. The van der Waals surface area contributed by atoms with Gasteiger partial charge in [-0.05, 0) is 108 Å². The van der Waals surface area contributed by atoms with Gasteiger partial charge in [-0.15, -0.1) is 0 Å². The van der Waals surface area contributed by atoms with Crippen LogP contribution in [0.15, 0.2) is 24.3 Å². The van der Waals surface area contributed by atoms with Crippen molar-refractivity contribution in [2.75, 3.05) is 31.7 Å². The number of likely N-dealkylation sites (tertiary alicyclic amines) is 1. The van der Waals surface area contributed by atoms with Crippen LogP contribution in [0, 0.1) is 23.7 Å². The molecule has 4 atom stereocenters. The summed E-state index contributed by atoms with van der Waals surface area (Å²) in [6.07, 6.45) is 9.96. The molecule has 6 rings (SSSR count). The fourth-order valence-electron chi connectivity index (χ4n) is 9.06. The Morgan fingerprint density at radius 3 is 2.38 bits per heavy atom. The van der Waals surface area contributed by atoms with E-state index in [0.717, 1.165) is 55.8 Å². The average molecular weight is 725 g/mol. The first-order chi connectivity index (χ1) is 24.9. The number of benzene rings is 1. The smallest absolute Gasteiger partial charge is 0.407 e. The quantitative estimate of drug-likeness (QED) is 0.255. The average Bonchev–Trinajstić information content (AvgIpc) is 3.88. The number of aromatic nitrogens is 1. The minimum absolute atomic E-state index is 0.00141. The number of hydrogen-bond donors (Lipinski definition) is 2. The van der Waals surface area contributed by atoms with Crippen LogP contribution < -0.4 is 10.6 Å². The van der Waals surface area contributed by atoms with Gasteiger partial charge in [0, 0.05) is 42.7 Å². The molecule has 0 bridgehead atoms. The number of carbonyl (C=O) groups excluding carboxylic acids is 4. The molecule has 3 amide bonds. The first-order valence-electron chi connectivity index (χ1n) is 19.5. The minimum atomic E-state index is -0.698. The van der Waals surface area contributed by atoms with Crippen LogP contribution in [0.25, 0.3) is 10.9 Å². The standard InChI is InChI=1S/C40H57FN4O7/c1-40(2,3)52-39(49)43-32(23-41)26-12-14-27(15-13-26)37(47)45-19-18-31(25-9-6-5-7-10-25)35(45)36(46)42-29-16-17-33-28(21-29)22-34(44(33)4)38(48)51-24-30-11-8-20-50-30/h16-17,21-22,25-27,30-32,35H,5-15,18-20,23-24H2,1-4H3,(H,42,46)(H,43,49)/t26-,27-,30-,31-,32+,35-/m0/s1. The molecule has 4 aliphatic rings. The molecule has 2 N–H and O–H groups in total. The number of esters is 1. The Labute approximate surface area is 306 Å². The van der Waals surface area contributed by atoms with Gasteiger partial charge in [0.25, 0.3) is 0 Å². The highest BCUT2D eigenvalue weighted by atomic mass is 19.1. The lowest BCUT2D eigenvalue weighted by atomic mass is 9.76. The van der Waals surface area contributed by atoms with Crippen molar-refractivity contribution in [1.29, 1.82) is 0 Å². The number of alkyl carbamates (subject to hydrolysis) is 1. The molecule has 286 valence electrons. The second-order valence-electron chi connectivity index (χ2n) is 16.4. The van der Waals surface area contributed by atoms with Crippen molar-refractivity contribution >= 4 is 40.5 Å². The van der Waals surface area contributed by atoms with Gasteiger partial charge >= 0.3 is 12.1 Å². The van der Waals surface area contributed by atoms with E-state index in [2.05, 4.69) is 10.6 Å². The molecule has 12 heteroatoms. The van der Waals surface area contributed by atoms with Gasteiger partial charge in [0.05, 0.1) is 12.1 Å². The van der Waals surface area contributed by atoms with Crippen LogP contribution in [-0.4, -0.2) is 83.6 Å². The second-order valence-corrected chi connectivity index (χ2v) is 16.4. The zero-order valence-corrected chi connectivity index (χ0v) is 31.3. The molecule has 2 aliphatic heterocycles. The molecule has 0 unspecified atom stereocenters. The van der Waals surface area contributed by atoms with Gasteiger partial charge in [-0.1, -0.05) is 32.1 Å². The van der Waals surface area contributed by atoms with Crippen LogP contribution in [0.5, 0.6) is 0 Å². The van der Waals surface area contributed by atoms with Gasteiger partial charge in [-0.25, -0.2) is 14.0 Å². The molecular weight excluding hydrogens is 667 g/mol. The first kappa shape index (κ1) is 38.1. The summed E-state index contributed by atoms with van der Waals surface area (Å²) < 4.78 is 32.4. The number of alkyl halides is 1. The third-order valence-corrected chi connectivity index (χ3v) is 11.8. The molecule has 2 aromatic rings. The molecule has 52 heavy (non-hydrogen) atoms. The van der Waals surface area contributed by atoms with Crippen molar-refractivity contribution in [3.8, 4) is 0 Å². The highest BCUT2D eigenvalue weighted by Gasteiger charge is 2.47. The highest BCUT2D eigenvalue weighted by Crippen LogP contribution is 2.41. The van der Waals surface area contributed by atoms with Crippen LogP contribution in [-0.2, 0) is 30.8 Å². The number of hydrogen-bond acceptors (Lipinski definition) is 7. The fourth-order valence-corrected chi connectivity index (χ4v) is 9.06. The normalized spacial score (nSPS) is 26.2. The lowest BCUT2D eigenvalue weighted by molar-refractivity contribution is -0.142. The number of ether oxygens (including phenoxy) is 3. The number of aryl methyl sites for hydroxylation is 1. The van der Waals surface area contributed by atoms with Crippen molar-refractivity contribution in [3.63, 3.8) is 0 Å². The van der Waals surface area contributed by atoms with Gasteiger partial charge in [0.15, 0.2) is 0 Å². The maximum atomic E-state index is 14.3. The van der Waals surface area contributed by atoms with Gasteiger partial charge in [-0.3, -0.25) is 9.59 Å². The van der Waals surface area contributed by atoms with Crippen molar-refractivity contribution in [2.24, 2.45) is 30.7 Å². The summed E-state index contributed by atoms with van der Waals surface area (Å²) in [4.78, 5) is 55.6. The summed E-state index contributed by atoms with van der Waals surface area (Å²) in [5, 5.41) is 6.65. The van der Waals surface area contributed by atoms with Crippen LogP contribution in [0.2, 0.25) is 0 Å². The molecular formula is C40H57FN4O7. The molecule has 4 fully saturated rings. The van der Waals surface area contributed by atoms with Crippen molar-refractivity contribution in [2.45, 2.75) is 122 Å². The molecule has 11 nitrogen and oxygen atoms in total. The second kappa shape index (κ2) is 16.6. The molecule has 3 heterocycles. The topological polar surface area (TPSA) is 128 Å². The third-order valence-electron chi connectivity index (χ3n) is 11.8. The van der Waals surface area contributed by atoms with E-state index >= 15 is 0 Å². The Morgan fingerprint density at radius 1 is 0.962 bits per heavy atom. The number of anilines is 1. The third kappa shape index (κ3) is 8.92. The Kier molecular flexibility index (Phi) is 12.1. The van der Waals surface area contributed by atoms with E-state index in [9.17, 15) is 23.6 Å². The van der Waals surface area contributed by atoms with E-state index in [1.165, 1.54) is 6.42 Å². The Hall–Kier alpha value is -3.67. The number of rotatable bonds is 10. The molecule has 2 aliphatic carbocycles. The van der Waals surface area contributed by atoms with Crippen molar-refractivity contribution in [1.82, 2.24) is 14.8 Å². The maximum Gasteiger partial charge on any atom is 0.407 e. The number of carbonyl (C=O) groups is 4. The van der Waals surface area contributed by atoms with Gasteiger partial charge in [0.2, 0.25) is 11.8 Å². The number of nitrogens with zero attached hydrogens (tertiary/aromatic N) is 2. The zero-order valence-electron chi connectivity index (χ0n) is 31.3. The molecule has 2 saturated heterocycles. The van der Waals surface area contributed by atoms with Crippen LogP contribution in [0.1, 0.15) is 108 Å². The molecule has 0 spiro atoms. The van der Waals surface area contributed by atoms with Gasteiger partial charge in [0.1, 0.15) is 30.6 Å². The lowest BCUT2D eigenvalue weighted by Crippen LogP contribution is -2.50. The number of amides is 3. The van der Waals surface area contributed by atoms with E-state index in [-0.39, 0.29) is 42.3 Å². The monoisotopic (exact) mass is 724 g/mol. The number of halogens is 1. The van der Waals surface area contributed by atoms with E-state index in [1.54, 1.807) is 31.4 Å². The summed E-state index contributed by atoms with van der Waals surface area (Å²) >= 11 is 0. The fraction of sp³-hybridized carbons (Fsp3) is 0.700. The first-order valence-corrected chi connectivity index (χ1v) is 19.5. The Morgan fingerprint density at radius 2 is 1.71 bits per heavy atom. The van der Waals surface area contributed by atoms with Crippen LogP contribution >= 0.6 is 0 Å². The largest absolute Gasteiger partial charge is 0.458 e. The summed E-state index contributed by atoms with van der Waals surface area (Å²) in [5.41, 5.74) is 1.20. The molecule has 2 saturated carbocycles. The SMILES string of the molecule is Cn1c(C(=O)OC[C@@H]2CCCO2)cc2cc(NC(=O)[C@@H]3[C@H](C4CCCCC4)CCN3C(=O)[C@H]3CC[C@H]([C@@H](CF)NC(=O)OC(C)(C)C)CC3)ccc21. The Balaban J connectivity index is 1.13. The summed E-state index contributed by atoms with van der Waals surface area (Å²) in [6, 6.07) is 6.14. The van der Waals surface area contributed by atoms with E-state index in [4.69, 9.17) is 14.2 Å². The van der Waals surface area contributed by atoms with Crippen molar-refractivity contribution < 1.29 is 37.8 Å². The molecule has 0 radical (unpaired) electrons. The summed E-state index contributed by atoms with van der Waals surface area (Å²) in [7, 11) is 1.82. The minimum Gasteiger partial charge on any atom is -0.458 e. The predicted molar refractivity (Wildman–Crippen MR) is 196 cm³/mol. The van der Waals surface area contributed by atoms with Crippen LogP contribution in [0.3, 0.4) is 0 Å². The number of nitrogens with one attached hydrogen (secondary N) is 2. The predicted octanol–water partition coefficient (Wildman–Crippen LogP) is 6.92. The van der Waals surface area contributed by atoms with Gasteiger partial charge < -0.3 is 34.3 Å². The molecule has 1 aromatic heterocycles. The maximum absolute atomic E-state index is 14.3. The zero-order chi connectivity index (χ0) is 37.0. The van der Waals surface area contributed by atoms with E-state index in [1.807, 2.05) is 30.1 Å². The molecule has 1 aromatic carbocycles.